The molecule has 4 rings (SSSR count). The molecule has 0 spiro atoms. The number of amides is 2. The molecule has 1 aromatic carbocycles. The minimum absolute atomic E-state index is 0.0135. The van der Waals surface area contributed by atoms with E-state index in [-0.39, 0.29) is 37.1 Å². The summed E-state index contributed by atoms with van der Waals surface area (Å²) in [6, 6.07) is 3.10. The summed E-state index contributed by atoms with van der Waals surface area (Å²) < 4.78 is 94.4. The number of benzene rings is 1. The fourth-order valence-electron chi connectivity index (χ4n) is 5.44. The third-order valence-electron chi connectivity index (χ3n) is 7.48. The van der Waals surface area contributed by atoms with E-state index in [1.807, 2.05) is 0 Å². The van der Waals surface area contributed by atoms with E-state index >= 15 is 0 Å². The first kappa shape index (κ1) is 31.9. The molecule has 2 amide bonds. The third-order valence-corrected chi connectivity index (χ3v) is 7.48. The molecule has 1 aromatic heterocycles. The van der Waals surface area contributed by atoms with Gasteiger partial charge in [0.05, 0.1) is 11.3 Å². The Morgan fingerprint density at radius 1 is 1.02 bits per heavy atom. The largest absolute Gasteiger partial charge is 0.493 e. The van der Waals surface area contributed by atoms with Crippen molar-refractivity contribution >= 4 is 17.8 Å². The summed E-state index contributed by atoms with van der Waals surface area (Å²) in [4.78, 5) is 55.7. The van der Waals surface area contributed by atoms with Crippen LogP contribution in [0.1, 0.15) is 71.8 Å². The molecule has 2 fully saturated rings. The number of carbonyl (C=O) groups excluding carboxylic acids is 3. The van der Waals surface area contributed by atoms with Crippen LogP contribution in [0.15, 0.2) is 23.0 Å². The fourth-order valence-corrected chi connectivity index (χ4v) is 5.44. The molecule has 1 saturated carbocycles. The van der Waals surface area contributed by atoms with Gasteiger partial charge < -0.3 is 14.6 Å². The molecule has 1 saturated heterocycles. The van der Waals surface area contributed by atoms with Crippen LogP contribution in [0.2, 0.25) is 0 Å². The van der Waals surface area contributed by atoms with E-state index < -0.39 is 75.7 Å². The molecule has 2 aromatic rings. The van der Waals surface area contributed by atoms with Gasteiger partial charge in [0.1, 0.15) is 17.9 Å². The molecule has 0 unspecified atom stereocenters. The van der Waals surface area contributed by atoms with Gasteiger partial charge in [-0.3, -0.25) is 14.4 Å². The molecule has 0 radical (unpaired) electrons. The van der Waals surface area contributed by atoms with Crippen molar-refractivity contribution in [2.45, 2.75) is 70.3 Å². The van der Waals surface area contributed by atoms with Crippen molar-refractivity contribution in [2.75, 3.05) is 19.6 Å². The van der Waals surface area contributed by atoms with Crippen LogP contribution in [0.5, 0.6) is 0 Å². The van der Waals surface area contributed by atoms with Crippen LogP contribution < -0.4 is 10.4 Å². The highest BCUT2D eigenvalue weighted by atomic mass is 19.4. The maximum absolute atomic E-state index is 14.8. The Bertz CT molecular complexity index is 1470. The molecule has 1 aliphatic heterocycles. The molecule has 43 heavy (non-hydrogen) atoms. The topological polar surface area (TPSA) is 102 Å². The van der Waals surface area contributed by atoms with Gasteiger partial charge in [-0.2, -0.15) is 26.3 Å². The summed E-state index contributed by atoms with van der Waals surface area (Å²) in [5.41, 5.74) is -5.76. The second kappa shape index (κ2) is 12.3. The summed E-state index contributed by atoms with van der Waals surface area (Å²) in [6.07, 6.45) is -7.24. The molecular weight excluding hydrogens is 593 g/mol. The van der Waals surface area contributed by atoms with E-state index in [1.165, 1.54) is 6.92 Å². The zero-order valence-electron chi connectivity index (χ0n) is 22.9. The van der Waals surface area contributed by atoms with Crippen LogP contribution in [0.3, 0.4) is 0 Å². The Balaban J connectivity index is 1.63. The van der Waals surface area contributed by atoms with Gasteiger partial charge in [-0.1, -0.05) is 32.3 Å². The quantitative estimate of drug-likeness (QED) is 0.457. The molecule has 1 aliphatic carbocycles. The van der Waals surface area contributed by atoms with Crippen molar-refractivity contribution in [2.24, 2.45) is 0 Å². The Hall–Kier alpha value is -3.98. The van der Waals surface area contributed by atoms with Crippen molar-refractivity contribution in [1.82, 2.24) is 19.7 Å². The third kappa shape index (κ3) is 6.99. The molecule has 2 aliphatic rings. The van der Waals surface area contributed by atoms with Gasteiger partial charge in [-0.25, -0.2) is 9.18 Å². The lowest BCUT2D eigenvalue weighted by Crippen LogP contribution is -2.55. The van der Waals surface area contributed by atoms with Crippen molar-refractivity contribution < 1.29 is 50.0 Å². The van der Waals surface area contributed by atoms with E-state index in [1.54, 1.807) is 4.90 Å². The lowest BCUT2D eigenvalue weighted by molar-refractivity contribution is -0.202. The number of piperazine rings is 1. The van der Waals surface area contributed by atoms with Crippen molar-refractivity contribution in [3.8, 4) is 0 Å². The van der Waals surface area contributed by atoms with Crippen molar-refractivity contribution in [1.29, 1.82) is 0 Å². The van der Waals surface area contributed by atoms with Crippen LogP contribution >= 0.6 is 0 Å². The summed E-state index contributed by atoms with van der Waals surface area (Å²) >= 11 is 0. The molecule has 0 atom stereocenters. The van der Waals surface area contributed by atoms with E-state index in [2.05, 4.69) is 9.94 Å². The van der Waals surface area contributed by atoms with Gasteiger partial charge in [0.2, 0.25) is 5.91 Å². The molecule has 9 nitrogen and oxygen atoms in total. The van der Waals surface area contributed by atoms with Gasteiger partial charge in [-0.15, -0.1) is 5.10 Å². The Morgan fingerprint density at radius 2 is 1.70 bits per heavy atom. The van der Waals surface area contributed by atoms with Gasteiger partial charge >= 0.3 is 23.9 Å². The normalized spacial score (nSPS) is 16.9. The minimum Gasteiger partial charge on any atom is -0.336 e. The maximum Gasteiger partial charge on any atom is 0.493 e. The second-order valence-corrected chi connectivity index (χ2v) is 10.3. The first-order chi connectivity index (χ1) is 20.1. The van der Waals surface area contributed by atoms with Crippen molar-refractivity contribution in [3.05, 3.63) is 62.3 Å². The average molecular weight is 621 g/mol. The smallest absolute Gasteiger partial charge is 0.336 e. The van der Waals surface area contributed by atoms with Crippen LogP contribution in [0.4, 0.5) is 30.7 Å². The zero-order chi connectivity index (χ0) is 31.7. The number of carbonyl (C=O) groups is 3. The van der Waals surface area contributed by atoms with E-state index in [0.29, 0.717) is 0 Å². The minimum atomic E-state index is -5.64. The Labute approximate surface area is 240 Å². The van der Waals surface area contributed by atoms with Gasteiger partial charge in [0.25, 0.3) is 5.91 Å². The van der Waals surface area contributed by atoms with E-state index in [0.717, 1.165) is 55.2 Å². The van der Waals surface area contributed by atoms with Gasteiger partial charge in [-0.05, 0) is 47.4 Å². The lowest BCUT2D eigenvalue weighted by Gasteiger charge is -2.40. The number of alkyl halides is 6. The number of nitrogens with zero attached hydrogens (tertiary/aromatic N) is 4. The molecule has 16 heteroatoms. The van der Waals surface area contributed by atoms with Crippen LogP contribution in [-0.4, -0.2) is 69.4 Å². The second-order valence-electron chi connectivity index (χ2n) is 10.3. The summed E-state index contributed by atoms with van der Waals surface area (Å²) in [5, 5.41) is 3.44. The molecular formula is C27H27F7N4O5. The van der Waals surface area contributed by atoms with Crippen molar-refractivity contribution in [3.63, 3.8) is 0 Å². The maximum atomic E-state index is 14.8. The lowest BCUT2D eigenvalue weighted by atomic mass is 9.93. The molecule has 234 valence electrons. The standard InChI is InChI=1S/C27H27F7N4O5/c1-2-17-20(35-38(43-25(42)27(32,33)34)24(41)22(17)26(29,30)31)13-15-8-9-19(28)18(12-15)23(40)36-10-11-37(21(39)14-36)16-6-4-3-5-7-16/h8-9,12,16H,2-7,10-11,13-14H2,1H3. The van der Waals surface area contributed by atoms with Gasteiger partial charge in [0, 0.05) is 25.6 Å². The zero-order valence-corrected chi connectivity index (χ0v) is 22.9. The Morgan fingerprint density at radius 3 is 2.28 bits per heavy atom. The molecule has 0 bridgehead atoms. The highest BCUT2D eigenvalue weighted by Crippen LogP contribution is 2.32. The highest BCUT2D eigenvalue weighted by molar-refractivity contribution is 5.97. The SMILES string of the molecule is CCc1c(Cc2ccc(F)c(C(=O)N3CCN(C4CCCCC4)C(=O)C3)c2)nn(OC(=O)C(F)(F)F)c(=O)c1C(F)(F)F. The molecule has 0 N–H and O–H groups in total. The number of rotatable bonds is 6. The fraction of sp³-hybridized carbons (Fsp3) is 0.519. The highest BCUT2D eigenvalue weighted by Gasteiger charge is 2.44. The predicted octanol–water partition coefficient (Wildman–Crippen LogP) is 3.69. The first-order valence-electron chi connectivity index (χ1n) is 13.5. The average Bonchev–Trinajstić information content (AvgIpc) is 2.94. The number of hydrogen-bond acceptors (Lipinski definition) is 6. The Kier molecular flexibility index (Phi) is 9.16. The van der Waals surface area contributed by atoms with E-state index in [9.17, 15) is 49.9 Å². The summed E-state index contributed by atoms with van der Waals surface area (Å²) in [6.45, 7) is 1.35. The summed E-state index contributed by atoms with van der Waals surface area (Å²) in [5.74, 6) is -5.06. The van der Waals surface area contributed by atoms with Crippen LogP contribution in [0, 0.1) is 5.82 Å². The van der Waals surface area contributed by atoms with Gasteiger partial charge in [0.15, 0.2) is 0 Å². The van der Waals surface area contributed by atoms with E-state index in [4.69, 9.17) is 0 Å². The monoisotopic (exact) mass is 620 g/mol. The number of hydrogen-bond donors (Lipinski definition) is 0. The predicted molar refractivity (Wildman–Crippen MR) is 134 cm³/mol. The van der Waals surface area contributed by atoms with Crippen LogP contribution in [-0.2, 0) is 28.6 Å². The number of aromatic nitrogens is 2. The van der Waals surface area contributed by atoms with Crippen LogP contribution in [0.25, 0.3) is 0 Å². The number of halogens is 7. The summed E-state index contributed by atoms with van der Waals surface area (Å²) in [7, 11) is 0. The molecule has 2 heterocycles. The first-order valence-corrected chi connectivity index (χ1v) is 13.5.